The lowest BCUT2D eigenvalue weighted by molar-refractivity contribution is -0.133. The van der Waals surface area contributed by atoms with Gasteiger partial charge in [-0.1, -0.05) is 0 Å². The third kappa shape index (κ3) is 3.59. The van der Waals surface area contributed by atoms with Gasteiger partial charge in [0.2, 0.25) is 5.91 Å². The van der Waals surface area contributed by atoms with Crippen LogP contribution in [-0.4, -0.2) is 58.4 Å². The summed E-state index contributed by atoms with van der Waals surface area (Å²) in [6.07, 6.45) is 6.47. The SMILES string of the molecule is Cc1ccnc([C@H]2CCN(CC(=O)N3CCCCC3)C2)n1. The molecule has 0 unspecified atom stereocenters. The Labute approximate surface area is 126 Å². The fourth-order valence-electron chi connectivity index (χ4n) is 3.29. The van der Waals surface area contributed by atoms with E-state index in [0.29, 0.717) is 18.4 Å². The minimum Gasteiger partial charge on any atom is -0.342 e. The number of rotatable bonds is 3. The van der Waals surface area contributed by atoms with Gasteiger partial charge in [0.25, 0.3) is 0 Å². The Balaban J connectivity index is 1.53. The highest BCUT2D eigenvalue weighted by Gasteiger charge is 2.28. The second-order valence-electron chi connectivity index (χ2n) is 6.22. The van der Waals surface area contributed by atoms with Gasteiger partial charge in [0.15, 0.2) is 0 Å². The normalized spacial score (nSPS) is 23.5. The molecule has 0 spiro atoms. The van der Waals surface area contributed by atoms with Gasteiger partial charge in [-0.15, -0.1) is 0 Å². The van der Waals surface area contributed by atoms with Crippen LogP contribution in [-0.2, 0) is 4.79 Å². The predicted octanol–water partition coefficient (Wildman–Crippen LogP) is 1.59. The molecular weight excluding hydrogens is 264 g/mol. The number of piperidine rings is 1. The number of aromatic nitrogens is 2. The Hall–Kier alpha value is -1.49. The smallest absolute Gasteiger partial charge is 0.236 e. The van der Waals surface area contributed by atoms with Crippen molar-refractivity contribution in [2.45, 2.75) is 38.5 Å². The molecule has 21 heavy (non-hydrogen) atoms. The molecule has 2 saturated heterocycles. The van der Waals surface area contributed by atoms with Gasteiger partial charge in [-0.25, -0.2) is 9.97 Å². The van der Waals surface area contributed by atoms with Crippen LogP contribution in [0.15, 0.2) is 12.3 Å². The maximum atomic E-state index is 12.3. The van der Waals surface area contributed by atoms with E-state index in [9.17, 15) is 4.79 Å². The van der Waals surface area contributed by atoms with Crippen molar-refractivity contribution >= 4 is 5.91 Å². The number of carbonyl (C=O) groups is 1. The molecule has 0 aliphatic carbocycles. The Morgan fingerprint density at radius 1 is 1.29 bits per heavy atom. The summed E-state index contributed by atoms with van der Waals surface area (Å²) in [5.74, 6) is 1.60. The van der Waals surface area contributed by atoms with Gasteiger partial charge < -0.3 is 4.90 Å². The zero-order valence-corrected chi connectivity index (χ0v) is 12.8. The monoisotopic (exact) mass is 288 g/mol. The number of hydrogen-bond acceptors (Lipinski definition) is 4. The third-order valence-electron chi connectivity index (χ3n) is 4.52. The van der Waals surface area contributed by atoms with Gasteiger partial charge in [-0.3, -0.25) is 9.69 Å². The average Bonchev–Trinajstić information content (AvgIpc) is 2.97. The second kappa shape index (κ2) is 6.52. The number of hydrogen-bond donors (Lipinski definition) is 0. The molecule has 0 N–H and O–H groups in total. The molecule has 3 rings (SSSR count). The molecule has 1 aromatic rings. The summed E-state index contributed by atoms with van der Waals surface area (Å²) in [7, 11) is 0. The lowest BCUT2D eigenvalue weighted by Crippen LogP contribution is -2.42. The summed E-state index contributed by atoms with van der Waals surface area (Å²) in [6, 6.07) is 1.93. The number of amides is 1. The summed E-state index contributed by atoms with van der Waals surface area (Å²) < 4.78 is 0. The second-order valence-corrected chi connectivity index (χ2v) is 6.22. The molecule has 0 bridgehead atoms. The van der Waals surface area contributed by atoms with Gasteiger partial charge in [-0.2, -0.15) is 0 Å². The Bertz CT molecular complexity index is 499. The first-order valence-electron chi connectivity index (χ1n) is 8.02. The zero-order chi connectivity index (χ0) is 14.7. The van der Waals surface area contributed by atoms with Crippen LogP contribution in [0, 0.1) is 6.92 Å². The molecule has 0 saturated carbocycles. The van der Waals surface area contributed by atoms with Crippen LogP contribution in [0.3, 0.4) is 0 Å². The minimum absolute atomic E-state index is 0.292. The summed E-state index contributed by atoms with van der Waals surface area (Å²) in [4.78, 5) is 25.5. The molecule has 2 fully saturated rings. The first-order valence-corrected chi connectivity index (χ1v) is 8.02. The highest BCUT2D eigenvalue weighted by molar-refractivity contribution is 5.78. The van der Waals surface area contributed by atoms with Crippen molar-refractivity contribution < 1.29 is 4.79 Å². The molecule has 5 heteroatoms. The van der Waals surface area contributed by atoms with Crippen LogP contribution < -0.4 is 0 Å². The fourth-order valence-corrected chi connectivity index (χ4v) is 3.29. The first kappa shape index (κ1) is 14.4. The minimum atomic E-state index is 0.292. The Morgan fingerprint density at radius 3 is 2.86 bits per heavy atom. The van der Waals surface area contributed by atoms with Gasteiger partial charge in [0.1, 0.15) is 5.82 Å². The van der Waals surface area contributed by atoms with E-state index in [-0.39, 0.29) is 0 Å². The van der Waals surface area contributed by atoms with Crippen molar-refractivity contribution in [2.24, 2.45) is 0 Å². The standard InChI is InChI=1S/C16H24N4O/c1-13-5-7-17-16(18-13)14-6-10-19(11-14)12-15(21)20-8-3-2-4-9-20/h5,7,14H,2-4,6,8-12H2,1H3/t14-/m0/s1. The van der Waals surface area contributed by atoms with Crippen molar-refractivity contribution in [3.63, 3.8) is 0 Å². The van der Waals surface area contributed by atoms with Crippen LogP contribution >= 0.6 is 0 Å². The molecule has 2 aliphatic heterocycles. The third-order valence-corrected chi connectivity index (χ3v) is 4.52. The largest absolute Gasteiger partial charge is 0.342 e. The zero-order valence-electron chi connectivity index (χ0n) is 12.8. The van der Waals surface area contributed by atoms with Gasteiger partial charge in [0.05, 0.1) is 6.54 Å². The summed E-state index contributed by atoms with van der Waals surface area (Å²) >= 11 is 0. The Morgan fingerprint density at radius 2 is 2.10 bits per heavy atom. The maximum absolute atomic E-state index is 12.3. The van der Waals surface area contributed by atoms with E-state index in [4.69, 9.17) is 0 Å². The molecule has 0 radical (unpaired) electrons. The predicted molar refractivity (Wildman–Crippen MR) is 81.0 cm³/mol. The fraction of sp³-hybridized carbons (Fsp3) is 0.688. The van der Waals surface area contributed by atoms with E-state index < -0.39 is 0 Å². The summed E-state index contributed by atoms with van der Waals surface area (Å²) in [5, 5.41) is 0. The van der Waals surface area contributed by atoms with Gasteiger partial charge in [-0.05, 0) is 45.2 Å². The summed E-state index contributed by atoms with van der Waals surface area (Å²) in [6.45, 7) is 6.32. The molecule has 2 aliphatic rings. The van der Waals surface area contributed by atoms with Gasteiger partial charge in [0, 0.05) is 37.4 Å². The molecule has 1 atom stereocenters. The highest BCUT2D eigenvalue weighted by Crippen LogP contribution is 2.24. The van der Waals surface area contributed by atoms with Gasteiger partial charge >= 0.3 is 0 Å². The molecule has 1 aromatic heterocycles. The van der Waals surface area contributed by atoms with E-state index in [1.807, 2.05) is 24.1 Å². The molecule has 3 heterocycles. The van der Waals surface area contributed by atoms with Crippen LogP contribution in [0.25, 0.3) is 0 Å². The molecule has 114 valence electrons. The van der Waals surface area contributed by atoms with Crippen molar-refractivity contribution in [1.82, 2.24) is 19.8 Å². The average molecular weight is 288 g/mol. The van der Waals surface area contributed by atoms with Crippen LogP contribution in [0.4, 0.5) is 0 Å². The van der Waals surface area contributed by atoms with Crippen LogP contribution in [0.5, 0.6) is 0 Å². The van der Waals surface area contributed by atoms with Crippen molar-refractivity contribution in [3.8, 4) is 0 Å². The first-order chi connectivity index (χ1) is 10.2. The van der Waals surface area contributed by atoms with Crippen molar-refractivity contribution in [2.75, 3.05) is 32.7 Å². The lowest BCUT2D eigenvalue weighted by atomic mass is 10.1. The lowest BCUT2D eigenvalue weighted by Gasteiger charge is -2.28. The molecule has 5 nitrogen and oxygen atoms in total. The number of nitrogens with zero attached hydrogens (tertiary/aromatic N) is 4. The van der Waals surface area contributed by atoms with Crippen LogP contribution in [0.2, 0.25) is 0 Å². The van der Waals surface area contributed by atoms with Crippen LogP contribution in [0.1, 0.15) is 43.1 Å². The molecule has 1 amide bonds. The maximum Gasteiger partial charge on any atom is 0.236 e. The topological polar surface area (TPSA) is 49.3 Å². The van der Waals surface area contributed by atoms with E-state index in [1.54, 1.807) is 0 Å². The quantitative estimate of drug-likeness (QED) is 0.847. The number of aryl methyl sites for hydroxylation is 1. The number of carbonyl (C=O) groups excluding carboxylic acids is 1. The highest BCUT2D eigenvalue weighted by atomic mass is 16.2. The van der Waals surface area contributed by atoms with E-state index >= 15 is 0 Å². The van der Waals surface area contributed by atoms with E-state index in [0.717, 1.165) is 57.0 Å². The van der Waals surface area contributed by atoms with E-state index in [1.165, 1.54) is 6.42 Å². The number of likely N-dealkylation sites (tertiary alicyclic amines) is 2. The summed E-state index contributed by atoms with van der Waals surface area (Å²) in [5.41, 5.74) is 1.02. The van der Waals surface area contributed by atoms with Crippen molar-refractivity contribution in [3.05, 3.63) is 23.8 Å². The van der Waals surface area contributed by atoms with E-state index in [2.05, 4.69) is 14.9 Å². The Kier molecular flexibility index (Phi) is 4.48. The molecular formula is C16H24N4O. The van der Waals surface area contributed by atoms with Crippen molar-refractivity contribution in [1.29, 1.82) is 0 Å². The molecule has 0 aromatic carbocycles.